The topological polar surface area (TPSA) is 63.9 Å². The van der Waals surface area contributed by atoms with E-state index in [9.17, 15) is 15.3 Å². The molecule has 2 aliphatic heterocycles. The normalized spacial score (nSPS) is 52.2. The minimum atomic E-state index is -0.852. The third kappa shape index (κ3) is 1.38. The van der Waals surface area contributed by atoms with Gasteiger partial charge in [0.15, 0.2) is 0 Å². The summed E-state index contributed by atoms with van der Waals surface area (Å²) in [5.41, 5.74) is -0.852. The second kappa shape index (κ2) is 2.92. The fourth-order valence-corrected chi connectivity index (χ4v) is 2.67. The van der Waals surface area contributed by atoms with Crippen molar-refractivity contribution in [2.24, 2.45) is 0 Å². The van der Waals surface area contributed by atoms with Crippen molar-refractivity contribution in [1.29, 1.82) is 0 Å². The number of nitrogens with zero attached hydrogens (tertiary/aromatic N) is 1. The Labute approximate surface area is 77.8 Å². The van der Waals surface area contributed by atoms with Crippen molar-refractivity contribution >= 4 is 0 Å². The molecule has 0 saturated carbocycles. The molecule has 3 N–H and O–H groups in total. The van der Waals surface area contributed by atoms with Gasteiger partial charge in [-0.3, -0.25) is 4.90 Å². The van der Waals surface area contributed by atoms with E-state index in [0.29, 0.717) is 13.0 Å². The molecule has 2 saturated heterocycles. The second-order valence-electron chi connectivity index (χ2n) is 4.46. The van der Waals surface area contributed by atoms with Crippen LogP contribution in [-0.2, 0) is 0 Å². The Hall–Kier alpha value is -0.160. The summed E-state index contributed by atoms with van der Waals surface area (Å²) in [6.45, 7) is 3.10. The highest BCUT2D eigenvalue weighted by Crippen LogP contribution is 2.34. The summed E-state index contributed by atoms with van der Waals surface area (Å²) in [6.07, 6.45) is 0.144. The van der Waals surface area contributed by atoms with Crippen LogP contribution < -0.4 is 0 Å². The number of piperidine rings is 1. The lowest BCUT2D eigenvalue weighted by atomic mass is 9.85. The molecule has 2 aliphatic rings. The van der Waals surface area contributed by atoms with Crippen LogP contribution in [0, 0.1) is 0 Å². The summed E-state index contributed by atoms with van der Waals surface area (Å²) in [6, 6.07) is -0.281. The van der Waals surface area contributed by atoms with Gasteiger partial charge in [-0.25, -0.2) is 0 Å². The third-order valence-electron chi connectivity index (χ3n) is 3.30. The van der Waals surface area contributed by atoms with E-state index in [1.165, 1.54) is 0 Å². The molecule has 0 radical (unpaired) electrons. The van der Waals surface area contributed by atoms with Crippen molar-refractivity contribution in [2.45, 2.75) is 43.6 Å². The van der Waals surface area contributed by atoms with Gasteiger partial charge >= 0.3 is 0 Å². The maximum atomic E-state index is 10.0. The Morgan fingerprint density at radius 3 is 2.69 bits per heavy atom. The van der Waals surface area contributed by atoms with Gasteiger partial charge < -0.3 is 15.3 Å². The predicted octanol–water partition coefficient (Wildman–Crippen LogP) is -1.06. The van der Waals surface area contributed by atoms with Crippen LogP contribution in [0.3, 0.4) is 0 Å². The van der Waals surface area contributed by atoms with Crippen LogP contribution in [0.4, 0.5) is 0 Å². The Morgan fingerprint density at radius 2 is 2.08 bits per heavy atom. The number of aliphatic hydroxyl groups excluding tert-OH is 2. The molecule has 4 heteroatoms. The number of rotatable bonds is 0. The third-order valence-corrected chi connectivity index (χ3v) is 3.30. The second-order valence-corrected chi connectivity index (χ2v) is 4.46. The first kappa shape index (κ1) is 9.40. The van der Waals surface area contributed by atoms with E-state index >= 15 is 0 Å². The van der Waals surface area contributed by atoms with E-state index in [2.05, 4.69) is 0 Å². The Balaban J connectivity index is 2.21. The summed E-state index contributed by atoms with van der Waals surface area (Å²) < 4.78 is 0. The molecule has 13 heavy (non-hydrogen) atoms. The van der Waals surface area contributed by atoms with Crippen molar-refractivity contribution in [3.05, 3.63) is 0 Å². The highest BCUT2D eigenvalue weighted by atomic mass is 16.3. The van der Waals surface area contributed by atoms with Gasteiger partial charge in [-0.1, -0.05) is 0 Å². The van der Waals surface area contributed by atoms with Crippen LogP contribution in [-0.4, -0.2) is 57.2 Å². The molecule has 0 unspecified atom stereocenters. The van der Waals surface area contributed by atoms with E-state index in [-0.39, 0.29) is 6.04 Å². The Morgan fingerprint density at radius 1 is 1.38 bits per heavy atom. The Kier molecular flexibility index (Phi) is 2.11. The van der Waals surface area contributed by atoms with Crippen LogP contribution in [0.5, 0.6) is 0 Å². The van der Waals surface area contributed by atoms with E-state index < -0.39 is 17.8 Å². The van der Waals surface area contributed by atoms with Gasteiger partial charge in [0, 0.05) is 6.54 Å². The lowest BCUT2D eigenvalue weighted by Gasteiger charge is -2.42. The first-order chi connectivity index (χ1) is 6.02. The lowest BCUT2D eigenvalue weighted by molar-refractivity contribution is -0.0898. The molecule has 0 aromatic heterocycles. The Bertz CT molecular complexity index is 207. The average molecular weight is 187 g/mol. The average Bonchev–Trinajstić information content (AvgIpc) is 2.28. The van der Waals surface area contributed by atoms with E-state index in [0.717, 1.165) is 13.0 Å². The summed E-state index contributed by atoms with van der Waals surface area (Å²) in [5.74, 6) is 0. The van der Waals surface area contributed by atoms with Crippen molar-refractivity contribution in [3.63, 3.8) is 0 Å². The standard InChI is InChI=1S/C9H17NO3/c1-9(13)3-2-4-10-5-6(11)7(12)8(9)10/h6-8,11-13H,2-5H2,1H3/t6-,7-,8+,9+/m1/s1. The monoisotopic (exact) mass is 187 g/mol. The molecule has 76 valence electrons. The highest BCUT2D eigenvalue weighted by Gasteiger charge is 2.50. The quantitative estimate of drug-likeness (QED) is 0.452. The molecule has 0 amide bonds. The fraction of sp³-hybridized carbons (Fsp3) is 1.00. The van der Waals surface area contributed by atoms with Crippen molar-refractivity contribution in [1.82, 2.24) is 4.90 Å². The fourth-order valence-electron chi connectivity index (χ4n) is 2.67. The molecule has 0 bridgehead atoms. The molecule has 0 aromatic rings. The zero-order chi connectivity index (χ0) is 9.64. The molecule has 0 aromatic carbocycles. The largest absolute Gasteiger partial charge is 0.389 e. The number of hydrogen-bond acceptors (Lipinski definition) is 4. The molecule has 4 nitrogen and oxygen atoms in total. The number of aliphatic hydroxyl groups is 3. The van der Waals surface area contributed by atoms with E-state index in [1.807, 2.05) is 4.90 Å². The number of fused-ring (bicyclic) bond motifs is 1. The van der Waals surface area contributed by atoms with Gasteiger partial charge in [0.2, 0.25) is 0 Å². The van der Waals surface area contributed by atoms with Crippen molar-refractivity contribution < 1.29 is 15.3 Å². The smallest absolute Gasteiger partial charge is 0.0994 e. The van der Waals surface area contributed by atoms with Gasteiger partial charge in [-0.15, -0.1) is 0 Å². The minimum absolute atomic E-state index is 0.281. The summed E-state index contributed by atoms with van der Waals surface area (Å²) in [7, 11) is 0. The van der Waals surface area contributed by atoms with Gasteiger partial charge in [0.25, 0.3) is 0 Å². The van der Waals surface area contributed by atoms with E-state index in [1.54, 1.807) is 6.92 Å². The van der Waals surface area contributed by atoms with Gasteiger partial charge in [-0.2, -0.15) is 0 Å². The molecule has 2 fully saturated rings. The van der Waals surface area contributed by atoms with Gasteiger partial charge in [-0.05, 0) is 26.3 Å². The number of hydrogen-bond donors (Lipinski definition) is 3. The predicted molar refractivity (Wildman–Crippen MR) is 47.2 cm³/mol. The SMILES string of the molecule is C[C@]1(O)CCCN2C[C@@H](O)[C@@H](O)[C@H]21. The maximum Gasteiger partial charge on any atom is 0.0994 e. The van der Waals surface area contributed by atoms with Crippen LogP contribution in [0.2, 0.25) is 0 Å². The summed E-state index contributed by atoms with van der Waals surface area (Å²) in [5, 5.41) is 29.2. The van der Waals surface area contributed by atoms with Crippen molar-refractivity contribution in [2.75, 3.05) is 13.1 Å². The first-order valence-electron chi connectivity index (χ1n) is 4.85. The molecular formula is C9H17NO3. The molecule has 2 heterocycles. The maximum absolute atomic E-state index is 10.0. The van der Waals surface area contributed by atoms with Gasteiger partial charge in [0.05, 0.1) is 23.9 Å². The van der Waals surface area contributed by atoms with Crippen LogP contribution in [0.1, 0.15) is 19.8 Å². The van der Waals surface area contributed by atoms with Crippen LogP contribution in [0.15, 0.2) is 0 Å². The lowest BCUT2D eigenvalue weighted by Crippen LogP contribution is -2.56. The highest BCUT2D eigenvalue weighted by molar-refractivity contribution is 5.05. The minimum Gasteiger partial charge on any atom is -0.389 e. The molecule has 0 aliphatic carbocycles. The summed E-state index contributed by atoms with van der Waals surface area (Å²) in [4.78, 5) is 1.98. The molecule has 4 atom stereocenters. The van der Waals surface area contributed by atoms with Crippen LogP contribution >= 0.6 is 0 Å². The molecule has 2 rings (SSSR count). The zero-order valence-corrected chi connectivity index (χ0v) is 7.85. The van der Waals surface area contributed by atoms with Crippen molar-refractivity contribution in [3.8, 4) is 0 Å². The van der Waals surface area contributed by atoms with Crippen LogP contribution in [0.25, 0.3) is 0 Å². The zero-order valence-electron chi connectivity index (χ0n) is 7.85. The summed E-state index contributed by atoms with van der Waals surface area (Å²) >= 11 is 0. The van der Waals surface area contributed by atoms with Gasteiger partial charge in [0.1, 0.15) is 0 Å². The first-order valence-corrected chi connectivity index (χ1v) is 4.85. The van der Waals surface area contributed by atoms with E-state index in [4.69, 9.17) is 0 Å². The molecular weight excluding hydrogens is 170 g/mol. The molecule has 0 spiro atoms.